The van der Waals surface area contributed by atoms with Crippen molar-refractivity contribution in [2.75, 3.05) is 29.9 Å². The van der Waals surface area contributed by atoms with Gasteiger partial charge in [0.25, 0.3) is 0 Å². The SMILES string of the molecule is CCc1nc2ccc(-c3cnc(N4CC(O)C4)nc3)cn2c1N(C)c1nc(-c2ccc(C)cc2)c(C#N)s1. The van der Waals surface area contributed by atoms with Crippen LogP contribution in [0.15, 0.2) is 55.0 Å². The van der Waals surface area contributed by atoms with Gasteiger partial charge >= 0.3 is 0 Å². The van der Waals surface area contributed by atoms with Crippen molar-refractivity contribution in [3.05, 3.63) is 71.1 Å². The molecule has 9 nitrogen and oxygen atoms in total. The van der Waals surface area contributed by atoms with Crippen LogP contribution in [0.25, 0.3) is 28.0 Å². The molecule has 1 aromatic carbocycles. The average molecular weight is 523 g/mol. The summed E-state index contributed by atoms with van der Waals surface area (Å²) in [6.07, 6.45) is 6.10. The van der Waals surface area contributed by atoms with E-state index in [2.05, 4.69) is 27.4 Å². The minimum Gasteiger partial charge on any atom is -0.389 e. The number of aryl methyl sites for hydroxylation is 2. The Kier molecular flexibility index (Phi) is 6.02. The summed E-state index contributed by atoms with van der Waals surface area (Å²) >= 11 is 1.38. The Balaban J connectivity index is 1.38. The van der Waals surface area contributed by atoms with Crippen molar-refractivity contribution in [3.8, 4) is 28.5 Å². The van der Waals surface area contributed by atoms with Crippen LogP contribution in [0.1, 0.15) is 23.1 Å². The summed E-state index contributed by atoms with van der Waals surface area (Å²) in [5.41, 5.74) is 6.40. The van der Waals surface area contributed by atoms with Crippen LogP contribution in [0, 0.1) is 18.3 Å². The third-order valence-electron chi connectivity index (χ3n) is 6.76. The molecule has 1 fully saturated rings. The second kappa shape index (κ2) is 9.52. The molecule has 38 heavy (non-hydrogen) atoms. The normalized spacial score (nSPS) is 13.5. The van der Waals surface area contributed by atoms with Gasteiger partial charge in [0.2, 0.25) is 5.95 Å². The maximum atomic E-state index is 9.84. The van der Waals surface area contributed by atoms with Crippen molar-refractivity contribution in [1.82, 2.24) is 24.3 Å². The zero-order valence-corrected chi connectivity index (χ0v) is 22.1. The lowest BCUT2D eigenvalue weighted by atomic mass is 10.1. The van der Waals surface area contributed by atoms with Crippen LogP contribution in [0.5, 0.6) is 0 Å². The smallest absolute Gasteiger partial charge is 0.225 e. The number of nitriles is 1. The number of aliphatic hydroxyl groups is 1. The Bertz CT molecular complexity index is 1660. The van der Waals surface area contributed by atoms with Crippen LogP contribution in [0.4, 0.5) is 16.9 Å². The van der Waals surface area contributed by atoms with Gasteiger partial charge in [0, 0.05) is 55.4 Å². The van der Waals surface area contributed by atoms with E-state index in [4.69, 9.17) is 9.97 Å². The van der Waals surface area contributed by atoms with Gasteiger partial charge in [-0.3, -0.25) is 4.40 Å². The molecule has 1 saturated heterocycles. The van der Waals surface area contributed by atoms with Crippen LogP contribution in [-0.2, 0) is 6.42 Å². The molecule has 5 aromatic rings. The molecule has 0 spiro atoms. The molecule has 190 valence electrons. The zero-order chi connectivity index (χ0) is 26.4. The Morgan fingerprint density at radius 2 is 1.76 bits per heavy atom. The number of pyridine rings is 1. The fraction of sp³-hybridized carbons (Fsp3) is 0.250. The van der Waals surface area contributed by atoms with Crippen molar-refractivity contribution < 1.29 is 5.11 Å². The van der Waals surface area contributed by atoms with E-state index >= 15 is 0 Å². The first-order chi connectivity index (χ1) is 18.4. The van der Waals surface area contributed by atoms with Crippen molar-refractivity contribution in [2.24, 2.45) is 0 Å². The van der Waals surface area contributed by atoms with Crippen LogP contribution in [0.2, 0.25) is 0 Å². The quantitative estimate of drug-likeness (QED) is 0.345. The maximum Gasteiger partial charge on any atom is 0.225 e. The minimum atomic E-state index is -0.305. The molecular formula is C28H26N8OS. The van der Waals surface area contributed by atoms with Gasteiger partial charge in [-0.1, -0.05) is 48.1 Å². The van der Waals surface area contributed by atoms with Gasteiger partial charge in [-0.2, -0.15) is 5.26 Å². The number of aromatic nitrogens is 5. The summed E-state index contributed by atoms with van der Waals surface area (Å²) in [5.74, 6) is 1.53. The summed E-state index contributed by atoms with van der Waals surface area (Å²) in [6.45, 7) is 5.25. The van der Waals surface area contributed by atoms with Crippen LogP contribution in [0.3, 0.4) is 0 Å². The molecule has 0 saturated carbocycles. The number of aliphatic hydroxyl groups excluding tert-OH is 1. The zero-order valence-electron chi connectivity index (χ0n) is 21.3. The second-order valence-electron chi connectivity index (χ2n) is 9.42. The van der Waals surface area contributed by atoms with E-state index in [9.17, 15) is 10.4 Å². The molecule has 6 rings (SSSR count). The molecule has 5 heterocycles. The summed E-state index contributed by atoms with van der Waals surface area (Å²) in [6, 6.07) is 14.4. The standard InChI is InChI=1S/C28H26N8OS/c1-4-22-26(34(3)28-33-25(23(11-29)38-28)18-7-5-17(2)6-8-18)36-14-19(9-10-24(36)32-22)20-12-30-27(31-13-20)35-15-21(37)16-35/h5-10,12-14,21,37H,4,15-16H2,1-3H3. The fourth-order valence-corrected chi connectivity index (χ4v) is 5.47. The molecule has 0 bridgehead atoms. The Morgan fingerprint density at radius 1 is 1.05 bits per heavy atom. The first kappa shape index (κ1) is 24.0. The highest BCUT2D eigenvalue weighted by molar-refractivity contribution is 7.16. The van der Waals surface area contributed by atoms with Gasteiger partial charge in [0.1, 0.15) is 28.1 Å². The summed E-state index contributed by atoms with van der Waals surface area (Å²) < 4.78 is 2.06. The van der Waals surface area contributed by atoms with E-state index in [1.165, 1.54) is 11.3 Å². The average Bonchev–Trinajstić information content (AvgIpc) is 3.53. The lowest BCUT2D eigenvalue weighted by Crippen LogP contribution is -2.51. The minimum absolute atomic E-state index is 0.305. The Morgan fingerprint density at radius 3 is 2.42 bits per heavy atom. The summed E-state index contributed by atoms with van der Waals surface area (Å²) in [7, 11) is 1.97. The fourth-order valence-electron chi connectivity index (χ4n) is 4.62. The van der Waals surface area contributed by atoms with Crippen molar-refractivity contribution in [3.63, 3.8) is 0 Å². The van der Waals surface area contributed by atoms with Gasteiger partial charge in [0.05, 0.1) is 11.8 Å². The predicted octanol–water partition coefficient (Wildman–Crippen LogP) is 4.61. The van der Waals surface area contributed by atoms with Crippen molar-refractivity contribution in [2.45, 2.75) is 26.4 Å². The number of hydrogen-bond acceptors (Lipinski definition) is 9. The largest absolute Gasteiger partial charge is 0.389 e. The third kappa shape index (κ3) is 4.16. The highest BCUT2D eigenvalue weighted by atomic mass is 32.1. The molecule has 0 aliphatic carbocycles. The Hall–Kier alpha value is -4.33. The lowest BCUT2D eigenvalue weighted by Gasteiger charge is -2.35. The molecule has 1 aliphatic heterocycles. The number of thiazole rings is 1. The van der Waals surface area contributed by atoms with E-state index in [0.717, 1.165) is 51.0 Å². The number of benzene rings is 1. The number of rotatable bonds is 6. The topological polar surface area (TPSA) is 106 Å². The third-order valence-corrected chi connectivity index (χ3v) is 7.80. The molecule has 0 amide bonds. The number of β-amino-alcohol motifs (C(OH)–C–C–N with tert-alkyl or cyclic N) is 1. The first-order valence-electron chi connectivity index (χ1n) is 12.4. The number of anilines is 3. The molecule has 10 heteroatoms. The van der Waals surface area contributed by atoms with Crippen molar-refractivity contribution in [1.29, 1.82) is 5.26 Å². The molecular weight excluding hydrogens is 496 g/mol. The number of hydrogen-bond donors (Lipinski definition) is 1. The number of nitrogens with zero attached hydrogens (tertiary/aromatic N) is 8. The lowest BCUT2D eigenvalue weighted by molar-refractivity contribution is 0.140. The van der Waals surface area contributed by atoms with Gasteiger partial charge in [-0.25, -0.2) is 19.9 Å². The first-order valence-corrected chi connectivity index (χ1v) is 13.2. The monoisotopic (exact) mass is 522 g/mol. The molecule has 4 aromatic heterocycles. The van der Waals surface area contributed by atoms with E-state index < -0.39 is 0 Å². The summed E-state index contributed by atoms with van der Waals surface area (Å²) in [5, 5.41) is 20.1. The van der Waals surface area contributed by atoms with Crippen LogP contribution in [-0.4, -0.2) is 55.7 Å². The van der Waals surface area contributed by atoms with Gasteiger partial charge in [0.15, 0.2) is 5.13 Å². The summed E-state index contributed by atoms with van der Waals surface area (Å²) in [4.78, 5) is 23.3. The molecule has 1 N–H and O–H groups in total. The molecule has 0 atom stereocenters. The Labute approximate surface area is 224 Å². The van der Waals surface area contributed by atoms with Gasteiger partial charge < -0.3 is 14.9 Å². The molecule has 1 aliphatic rings. The maximum absolute atomic E-state index is 9.84. The van der Waals surface area contributed by atoms with Gasteiger partial charge in [-0.15, -0.1) is 0 Å². The highest BCUT2D eigenvalue weighted by Gasteiger charge is 2.26. The number of fused-ring (bicyclic) bond motifs is 1. The predicted molar refractivity (Wildman–Crippen MR) is 149 cm³/mol. The van der Waals surface area contributed by atoms with E-state index in [1.807, 2.05) is 78.8 Å². The molecule has 0 unspecified atom stereocenters. The highest BCUT2D eigenvalue weighted by Crippen LogP contribution is 2.37. The second-order valence-corrected chi connectivity index (χ2v) is 10.4. The number of imidazole rings is 1. The van der Waals surface area contributed by atoms with Crippen LogP contribution >= 0.6 is 11.3 Å². The van der Waals surface area contributed by atoms with Crippen molar-refractivity contribution >= 4 is 33.9 Å². The van der Waals surface area contributed by atoms with E-state index in [-0.39, 0.29) is 6.10 Å². The molecule has 0 radical (unpaired) electrons. The van der Waals surface area contributed by atoms with E-state index in [1.54, 1.807) is 0 Å². The van der Waals surface area contributed by atoms with E-state index in [0.29, 0.717) is 29.6 Å². The van der Waals surface area contributed by atoms with Gasteiger partial charge in [-0.05, 0) is 25.5 Å². The van der Waals surface area contributed by atoms with Crippen LogP contribution < -0.4 is 9.80 Å².